The van der Waals surface area contributed by atoms with Gasteiger partial charge in [0.15, 0.2) is 5.96 Å². The van der Waals surface area contributed by atoms with Crippen LogP contribution in [0.1, 0.15) is 11.3 Å². The number of hydrogen-bond donors (Lipinski definition) is 2. The van der Waals surface area contributed by atoms with Gasteiger partial charge in [0.05, 0.1) is 13.7 Å². The fraction of sp³-hybridized carbons (Fsp3) is 0.133. The van der Waals surface area contributed by atoms with E-state index in [9.17, 15) is 0 Å². The first-order valence-corrected chi connectivity index (χ1v) is 6.29. The molecule has 2 rings (SSSR count). The Morgan fingerprint density at radius 1 is 1.33 bits per heavy atom. The molecule has 1 aromatic carbocycles. The molecule has 0 saturated carbocycles. The molecule has 106 valence electrons. The summed E-state index contributed by atoms with van der Waals surface area (Å²) in [6.45, 7) is 0.390. The quantitative estimate of drug-likeness (QED) is 0.659. The van der Waals surface area contributed by atoms with Crippen LogP contribution < -0.4 is 15.8 Å². The third-order valence-electron chi connectivity index (χ3n) is 2.73. The van der Waals surface area contributed by atoms with Gasteiger partial charge in [-0.25, -0.2) is 9.98 Å². The van der Waals surface area contributed by atoms with Crippen LogP contribution in [0.4, 0.5) is 5.82 Å². The van der Waals surface area contributed by atoms with E-state index >= 15 is 0 Å². The molecular formula is C15H15N5O. The van der Waals surface area contributed by atoms with Crippen LogP contribution in [0.3, 0.4) is 0 Å². The molecule has 0 saturated heterocycles. The lowest BCUT2D eigenvalue weighted by Gasteiger charge is -2.07. The molecule has 0 aliphatic heterocycles. The molecule has 0 atom stereocenters. The van der Waals surface area contributed by atoms with E-state index in [1.54, 1.807) is 25.3 Å². The van der Waals surface area contributed by atoms with Crippen molar-refractivity contribution in [2.75, 3.05) is 12.4 Å². The molecule has 1 heterocycles. The molecule has 0 spiro atoms. The second-order valence-electron chi connectivity index (χ2n) is 4.16. The number of benzene rings is 1. The van der Waals surface area contributed by atoms with Crippen molar-refractivity contribution in [2.45, 2.75) is 6.54 Å². The number of pyridine rings is 1. The number of aliphatic imine (C=N–C) groups is 1. The maximum atomic E-state index is 8.79. The van der Waals surface area contributed by atoms with Gasteiger partial charge >= 0.3 is 0 Å². The summed E-state index contributed by atoms with van der Waals surface area (Å²) in [5.41, 5.74) is 7.06. The lowest BCUT2D eigenvalue weighted by molar-refractivity contribution is 0.410. The average Bonchev–Trinajstić information content (AvgIpc) is 2.53. The van der Waals surface area contributed by atoms with E-state index < -0.39 is 0 Å². The smallest absolute Gasteiger partial charge is 0.194 e. The molecule has 0 bridgehead atoms. The standard InChI is InChI=1S/C15H15N5O/c1-21-13-7-3-2-5-11(13)10-18-15(17)20-14-8-4-6-12(9-16)19-14/h2-8H,10H2,1H3,(H3,17,18,19,20). The highest BCUT2D eigenvalue weighted by molar-refractivity contribution is 5.91. The third kappa shape index (κ3) is 3.94. The van der Waals surface area contributed by atoms with E-state index in [1.807, 2.05) is 30.3 Å². The van der Waals surface area contributed by atoms with Gasteiger partial charge in [-0.2, -0.15) is 5.26 Å². The third-order valence-corrected chi connectivity index (χ3v) is 2.73. The van der Waals surface area contributed by atoms with Crippen molar-refractivity contribution in [3.63, 3.8) is 0 Å². The second-order valence-corrected chi connectivity index (χ2v) is 4.16. The van der Waals surface area contributed by atoms with E-state index in [4.69, 9.17) is 15.7 Å². The minimum Gasteiger partial charge on any atom is -0.496 e. The Balaban J connectivity index is 2.06. The van der Waals surface area contributed by atoms with Crippen LogP contribution >= 0.6 is 0 Å². The first-order valence-electron chi connectivity index (χ1n) is 6.29. The van der Waals surface area contributed by atoms with Gasteiger partial charge in [0.2, 0.25) is 0 Å². The molecule has 1 aromatic heterocycles. The monoisotopic (exact) mass is 281 g/mol. The molecular weight excluding hydrogens is 266 g/mol. The Morgan fingerprint density at radius 2 is 2.14 bits per heavy atom. The zero-order chi connectivity index (χ0) is 15.1. The summed E-state index contributed by atoms with van der Waals surface area (Å²) in [5, 5.41) is 11.6. The number of nitrogens with two attached hydrogens (primary N) is 1. The number of guanidine groups is 1. The maximum absolute atomic E-state index is 8.79. The summed E-state index contributed by atoms with van der Waals surface area (Å²) < 4.78 is 5.25. The SMILES string of the molecule is COc1ccccc1CN=C(N)Nc1cccc(C#N)n1. The van der Waals surface area contributed by atoms with Gasteiger partial charge in [0, 0.05) is 5.56 Å². The van der Waals surface area contributed by atoms with Crippen molar-refractivity contribution >= 4 is 11.8 Å². The van der Waals surface area contributed by atoms with Crippen molar-refractivity contribution < 1.29 is 4.74 Å². The molecule has 0 radical (unpaired) electrons. The number of ether oxygens (including phenoxy) is 1. The molecule has 0 fully saturated rings. The minimum atomic E-state index is 0.225. The molecule has 2 aromatic rings. The Kier molecular flexibility index (Phi) is 4.72. The summed E-state index contributed by atoms with van der Waals surface area (Å²) >= 11 is 0. The number of aromatic nitrogens is 1. The zero-order valence-electron chi connectivity index (χ0n) is 11.6. The van der Waals surface area contributed by atoms with Gasteiger partial charge < -0.3 is 15.8 Å². The van der Waals surface area contributed by atoms with E-state index in [1.165, 1.54) is 0 Å². The number of para-hydroxylation sites is 1. The van der Waals surface area contributed by atoms with Crippen molar-refractivity contribution in [1.82, 2.24) is 4.98 Å². The first kappa shape index (κ1) is 14.3. The number of nitrogens with zero attached hydrogens (tertiary/aromatic N) is 3. The lowest BCUT2D eigenvalue weighted by Crippen LogP contribution is -2.23. The highest BCUT2D eigenvalue weighted by Crippen LogP contribution is 2.17. The van der Waals surface area contributed by atoms with Crippen LogP contribution in [0, 0.1) is 11.3 Å². The van der Waals surface area contributed by atoms with E-state index in [-0.39, 0.29) is 5.96 Å². The van der Waals surface area contributed by atoms with Crippen LogP contribution in [-0.4, -0.2) is 18.1 Å². The molecule has 0 amide bonds. The second kappa shape index (κ2) is 6.91. The van der Waals surface area contributed by atoms with Crippen LogP contribution in [0.5, 0.6) is 5.75 Å². The first-order chi connectivity index (χ1) is 10.2. The molecule has 0 aliphatic rings. The Bertz CT molecular complexity index is 690. The predicted molar refractivity (Wildman–Crippen MR) is 80.9 cm³/mol. The Labute approximate surface area is 122 Å². The van der Waals surface area contributed by atoms with E-state index in [0.29, 0.717) is 18.1 Å². The van der Waals surface area contributed by atoms with Crippen molar-refractivity contribution in [3.05, 3.63) is 53.7 Å². The summed E-state index contributed by atoms with van der Waals surface area (Å²) in [6.07, 6.45) is 0. The number of hydrogen-bond acceptors (Lipinski definition) is 4. The van der Waals surface area contributed by atoms with Gasteiger partial charge in [0.1, 0.15) is 23.3 Å². The van der Waals surface area contributed by atoms with Gasteiger partial charge in [-0.15, -0.1) is 0 Å². The number of anilines is 1. The van der Waals surface area contributed by atoms with Gasteiger partial charge in [-0.3, -0.25) is 0 Å². The van der Waals surface area contributed by atoms with Crippen LogP contribution in [0.2, 0.25) is 0 Å². The Hall–Kier alpha value is -3.07. The summed E-state index contributed by atoms with van der Waals surface area (Å²) in [5.74, 6) is 1.47. The maximum Gasteiger partial charge on any atom is 0.194 e. The van der Waals surface area contributed by atoms with Crippen LogP contribution in [-0.2, 0) is 6.54 Å². The largest absolute Gasteiger partial charge is 0.496 e. The summed E-state index contributed by atoms with van der Waals surface area (Å²) in [7, 11) is 1.61. The fourth-order valence-electron chi connectivity index (χ4n) is 1.74. The predicted octanol–water partition coefficient (Wildman–Crippen LogP) is 1.89. The van der Waals surface area contributed by atoms with Gasteiger partial charge in [0.25, 0.3) is 0 Å². The fourth-order valence-corrected chi connectivity index (χ4v) is 1.74. The Morgan fingerprint density at radius 3 is 2.90 bits per heavy atom. The molecule has 6 nitrogen and oxygen atoms in total. The number of nitrogens with one attached hydrogen (secondary N) is 1. The van der Waals surface area contributed by atoms with Gasteiger partial charge in [-0.05, 0) is 18.2 Å². The molecule has 21 heavy (non-hydrogen) atoms. The highest BCUT2D eigenvalue weighted by atomic mass is 16.5. The van der Waals surface area contributed by atoms with Crippen molar-refractivity contribution in [3.8, 4) is 11.8 Å². The molecule has 6 heteroatoms. The molecule has 0 aliphatic carbocycles. The van der Waals surface area contributed by atoms with Crippen LogP contribution in [0.15, 0.2) is 47.5 Å². The van der Waals surface area contributed by atoms with Gasteiger partial charge in [-0.1, -0.05) is 24.3 Å². The van der Waals surface area contributed by atoms with E-state index in [0.717, 1.165) is 11.3 Å². The molecule has 0 unspecified atom stereocenters. The van der Waals surface area contributed by atoms with Crippen molar-refractivity contribution in [1.29, 1.82) is 5.26 Å². The number of rotatable bonds is 4. The number of methoxy groups -OCH3 is 1. The summed E-state index contributed by atoms with van der Waals surface area (Å²) in [6, 6.07) is 14.6. The summed E-state index contributed by atoms with van der Waals surface area (Å²) in [4.78, 5) is 8.30. The minimum absolute atomic E-state index is 0.225. The average molecular weight is 281 g/mol. The highest BCUT2D eigenvalue weighted by Gasteiger charge is 2.02. The van der Waals surface area contributed by atoms with E-state index in [2.05, 4.69) is 15.3 Å². The number of nitriles is 1. The topological polar surface area (TPSA) is 96.3 Å². The van der Waals surface area contributed by atoms with Crippen LogP contribution in [0.25, 0.3) is 0 Å². The zero-order valence-corrected chi connectivity index (χ0v) is 11.6. The van der Waals surface area contributed by atoms with Crippen molar-refractivity contribution in [2.24, 2.45) is 10.7 Å². The normalized spacial score (nSPS) is 10.8. The lowest BCUT2D eigenvalue weighted by atomic mass is 10.2. The molecule has 3 N–H and O–H groups in total.